The third-order valence-corrected chi connectivity index (χ3v) is 6.66. The SMILES string of the molecule is N#Cc1cccc(NC(=O)N[C@@H]([CH]CN2CCC(Cc3ccc(F)cc3)CC2)Cc2ccccc2)c1. The van der Waals surface area contributed by atoms with E-state index in [1.54, 1.807) is 24.3 Å². The molecule has 1 atom stereocenters. The molecular formula is C30H32FN4O. The Morgan fingerprint density at radius 1 is 1.03 bits per heavy atom. The van der Waals surface area contributed by atoms with Crippen molar-refractivity contribution < 1.29 is 9.18 Å². The van der Waals surface area contributed by atoms with E-state index in [2.05, 4.69) is 40.2 Å². The highest BCUT2D eigenvalue weighted by Gasteiger charge is 2.21. The van der Waals surface area contributed by atoms with Gasteiger partial charge >= 0.3 is 6.03 Å². The van der Waals surface area contributed by atoms with Crippen molar-refractivity contribution in [3.05, 3.63) is 108 Å². The Labute approximate surface area is 212 Å². The van der Waals surface area contributed by atoms with Gasteiger partial charge in [-0.05, 0) is 92.6 Å². The number of carbonyl (C=O) groups is 1. The summed E-state index contributed by atoms with van der Waals surface area (Å²) in [7, 11) is 0. The average molecular weight is 484 g/mol. The second-order valence-corrected chi connectivity index (χ2v) is 9.40. The molecule has 3 aromatic carbocycles. The number of amides is 2. The van der Waals surface area contributed by atoms with Crippen molar-refractivity contribution in [3.8, 4) is 6.07 Å². The highest BCUT2D eigenvalue weighted by molar-refractivity contribution is 5.89. The van der Waals surface area contributed by atoms with Crippen LogP contribution in [0.25, 0.3) is 0 Å². The minimum Gasteiger partial charge on any atom is -0.334 e. The van der Waals surface area contributed by atoms with Crippen LogP contribution in [0.2, 0.25) is 0 Å². The normalized spacial score (nSPS) is 15.1. The fourth-order valence-electron chi connectivity index (χ4n) is 4.67. The Kier molecular flexibility index (Phi) is 9.07. The second kappa shape index (κ2) is 12.9. The summed E-state index contributed by atoms with van der Waals surface area (Å²) in [5, 5.41) is 15.0. The summed E-state index contributed by atoms with van der Waals surface area (Å²) < 4.78 is 13.2. The van der Waals surface area contributed by atoms with E-state index in [0.717, 1.165) is 44.5 Å². The Bertz CT molecular complexity index is 1150. The lowest BCUT2D eigenvalue weighted by Crippen LogP contribution is -2.43. The van der Waals surface area contributed by atoms with Crippen LogP contribution in [-0.4, -0.2) is 36.6 Å². The van der Waals surface area contributed by atoms with Crippen LogP contribution in [0.1, 0.15) is 29.5 Å². The van der Waals surface area contributed by atoms with Gasteiger partial charge in [-0.15, -0.1) is 0 Å². The number of nitrogens with zero attached hydrogens (tertiary/aromatic N) is 2. The summed E-state index contributed by atoms with van der Waals surface area (Å²) in [6.07, 6.45) is 6.09. The molecule has 6 heteroatoms. The fraction of sp³-hybridized carbons (Fsp3) is 0.300. The largest absolute Gasteiger partial charge is 0.334 e. The molecule has 2 N–H and O–H groups in total. The maximum absolute atomic E-state index is 13.2. The number of anilines is 1. The lowest BCUT2D eigenvalue weighted by molar-refractivity contribution is 0.192. The molecule has 0 bridgehead atoms. The van der Waals surface area contributed by atoms with Crippen molar-refractivity contribution in [2.24, 2.45) is 5.92 Å². The number of hydrogen-bond donors (Lipinski definition) is 2. The van der Waals surface area contributed by atoms with Gasteiger partial charge in [0.15, 0.2) is 0 Å². The molecule has 5 nitrogen and oxygen atoms in total. The predicted octanol–water partition coefficient (Wildman–Crippen LogP) is 5.59. The monoisotopic (exact) mass is 483 g/mol. The van der Waals surface area contributed by atoms with Gasteiger partial charge < -0.3 is 15.5 Å². The summed E-state index contributed by atoms with van der Waals surface area (Å²) in [5.74, 6) is 0.423. The molecule has 2 amide bonds. The fourth-order valence-corrected chi connectivity index (χ4v) is 4.67. The van der Waals surface area contributed by atoms with E-state index in [9.17, 15) is 9.18 Å². The van der Waals surface area contributed by atoms with E-state index >= 15 is 0 Å². The highest BCUT2D eigenvalue weighted by Crippen LogP contribution is 2.22. The number of halogens is 1. The van der Waals surface area contributed by atoms with Gasteiger partial charge in [0.05, 0.1) is 11.6 Å². The van der Waals surface area contributed by atoms with E-state index in [0.29, 0.717) is 23.6 Å². The van der Waals surface area contributed by atoms with Crippen molar-refractivity contribution in [2.75, 3.05) is 25.0 Å². The van der Waals surface area contributed by atoms with Crippen LogP contribution < -0.4 is 10.6 Å². The molecule has 1 aliphatic heterocycles. The van der Waals surface area contributed by atoms with Crippen molar-refractivity contribution in [1.82, 2.24) is 10.2 Å². The number of nitrogens with one attached hydrogen (secondary N) is 2. The Balaban J connectivity index is 1.29. The highest BCUT2D eigenvalue weighted by atomic mass is 19.1. The molecule has 1 aliphatic rings. The van der Waals surface area contributed by atoms with Crippen LogP contribution in [-0.2, 0) is 12.8 Å². The summed E-state index contributed by atoms with van der Waals surface area (Å²) in [5.41, 5.74) is 3.44. The lowest BCUT2D eigenvalue weighted by atomic mass is 9.90. The summed E-state index contributed by atoms with van der Waals surface area (Å²) in [6, 6.07) is 25.5. The number of hydrogen-bond acceptors (Lipinski definition) is 3. The van der Waals surface area contributed by atoms with Gasteiger partial charge in [0.25, 0.3) is 0 Å². The van der Waals surface area contributed by atoms with Crippen LogP contribution in [0.4, 0.5) is 14.9 Å². The third kappa shape index (κ3) is 7.93. The number of carbonyl (C=O) groups excluding carboxylic acids is 1. The molecule has 4 rings (SSSR count). The van der Waals surface area contributed by atoms with Gasteiger partial charge in [-0.3, -0.25) is 0 Å². The predicted molar refractivity (Wildman–Crippen MR) is 141 cm³/mol. The van der Waals surface area contributed by atoms with E-state index < -0.39 is 0 Å². The van der Waals surface area contributed by atoms with Crippen molar-refractivity contribution in [1.29, 1.82) is 5.26 Å². The molecule has 0 aromatic heterocycles. The Hall–Kier alpha value is -3.69. The number of rotatable bonds is 9. The molecule has 3 aromatic rings. The van der Waals surface area contributed by atoms with E-state index in [1.165, 1.54) is 17.7 Å². The Morgan fingerprint density at radius 3 is 2.50 bits per heavy atom. The van der Waals surface area contributed by atoms with Gasteiger partial charge in [0.1, 0.15) is 5.82 Å². The molecule has 1 saturated heterocycles. The maximum atomic E-state index is 13.2. The summed E-state index contributed by atoms with van der Waals surface area (Å²) in [6.45, 7) is 2.81. The van der Waals surface area contributed by atoms with Crippen molar-refractivity contribution in [2.45, 2.75) is 31.7 Å². The molecule has 0 aliphatic carbocycles. The molecule has 1 heterocycles. The average Bonchev–Trinajstić information content (AvgIpc) is 2.90. The van der Waals surface area contributed by atoms with Crippen LogP contribution >= 0.6 is 0 Å². The first kappa shape index (κ1) is 25.4. The lowest BCUT2D eigenvalue weighted by Gasteiger charge is -2.33. The first-order chi connectivity index (χ1) is 17.6. The third-order valence-electron chi connectivity index (χ3n) is 6.66. The molecule has 185 valence electrons. The van der Waals surface area contributed by atoms with Crippen LogP contribution in [0.15, 0.2) is 78.9 Å². The van der Waals surface area contributed by atoms with Gasteiger partial charge in [-0.1, -0.05) is 48.5 Å². The summed E-state index contributed by atoms with van der Waals surface area (Å²) >= 11 is 0. The Morgan fingerprint density at radius 2 is 1.78 bits per heavy atom. The van der Waals surface area contributed by atoms with Gasteiger partial charge in [-0.25, -0.2) is 9.18 Å². The van der Waals surface area contributed by atoms with Gasteiger partial charge in [0, 0.05) is 18.3 Å². The number of likely N-dealkylation sites (tertiary alicyclic amines) is 1. The van der Waals surface area contributed by atoms with Crippen LogP contribution in [0.5, 0.6) is 0 Å². The minimum atomic E-state index is -0.291. The van der Waals surface area contributed by atoms with Crippen molar-refractivity contribution >= 4 is 11.7 Å². The van der Waals surface area contributed by atoms with E-state index in [1.807, 2.05) is 30.3 Å². The molecule has 1 fully saturated rings. The topological polar surface area (TPSA) is 68.2 Å². The van der Waals surface area contributed by atoms with Crippen LogP contribution in [0.3, 0.4) is 0 Å². The smallest absolute Gasteiger partial charge is 0.319 e. The summed E-state index contributed by atoms with van der Waals surface area (Å²) in [4.78, 5) is 15.2. The second-order valence-electron chi connectivity index (χ2n) is 9.40. The van der Waals surface area contributed by atoms with Crippen LogP contribution in [0, 0.1) is 29.5 Å². The zero-order valence-corrected chi connectivity index (χ0v) is 20.4. The zero-order valence-electron chi connectivity index (χ0n) is 20.4. The van der Waals surface area contributed by atoms with Gasteiger partial charge in [0.2, 0.25) is 0 Å². The maximum Gasteiger partial charge on any atom is 0.319 e. The molecule has 36 heavy (non-hydrogen) atoms. The molecule has 0 saturated carbocycles. The molecule has 0 unspecified atom stereocenters. The number of urea groups is 1. The first-order valence-corrected chi connectivity index (χ1v) is 12.5. The number of benzene rings is 3. The van der Waals surface area contributed by atoms with E-state index in [-0.39, 0.29) is 17.9 Å². The van der Waals surface area contributed by atoms with Gasteiger partial charge in [-0.2, -0.15) is 5.26 Å². The minimum absolute atomic E-state index is 0.136. The number of piperidine rings is 1. The molecule has 1 radical (unpaired) electrons. The molecule has 0 spiro atoms. The quantitative estimate of drug-likeness (QED) is 0.417. The first-order valence-electron chi connectivity index (χ1n) is 12.5. The number of nitriles is 1. The standard InChI is InChI=1S/C30H32FN4O/c31-27-11-9-24(10-12-27)19-25-13-16-35(17-14-25)18-15-29(20-23-5-2-1-3-6-23)34-30(36)33-28-8-4-7-26(21-28)22-32/h1-12,15,21,25,29H,13-14,16-20H2,(H2,33,34,36)/t29-/m0/s1. The molecular weight excluding hydrogens is 451 g/mol. The van der Waals surface area contributed by atoms with Crippen molar-refractivity contribution in [3.63, 3.8) is 0 Å². The van der Waals surface area contributed by atoms with E-state index in [4.69, 9.17) is 5.26 Å². The zero-order chi connectivity index (χ0) is 25.2.